The van der Waals surface area contributed by atoms with E-state index in [1.165, 1.54) is 6.92 Å². The summed E-state index contributed by atoms with van der Waals surface area (Å²) in [6, 6.07) is 9.22. The van der Waals surface area contributed by atoms with E-state index >= 15 is 0 Å². The molecule has 4 aromatic rings. The van der Waals surface area contributed by atoms with Crippen molar-refractivity contribution in [1.82, 2.24) is 14.4 Å². The number of nitrogens with one attached hydrogen (secondary N) is 2. The van der Waals surface area contributed by atoms with E-state index < -0.39 is 0 Å². The number of anilines is 3. The molecule has 0 spiro atoms. The lowest BCUT2D eigenvalue weighted by Gasteiger charge is -2.15. The summed E-state index contributed by atoms with van der Waals surface area (Å²) in [5.74, 6) is 1.76. The van der Waals surface area contributed by atoms with E-state index in [0.29, 0.717) is 44.8 Å². The van der Waals surface area contributed by atoms with Gasteiger partial charge in [0.1, 0.15) is 5.52 Å². The van der Waals surface area contributed by atoms with Gasteiger partial charge in [-0.05, 0) is 18.6 Å². The van der Waals surface area contributed by atoms with Crippen LogP contribution in [0, 0.1) is 6.92 Å². The number of rotatable bonds is 5. The Kier molecular flexibility index (Phi) is 5.09. The number of amides is 1. The zero-order valence-electron chi connectivity index (χ0n) is 16.9. The summed E-state index contributed by atoms with van der Waals surface area (Å²) in [4.78, 5) is 20.9. The number of carbonyl (C=O) groups is 1. The summed E-state index contributed by atoms with van der Waals surface area (Å²) in [5, 5.41) is 6.65. The maximum Gasteiger partial charge on any atom is 0.223 e. The second-order valence-electron chi connectivity index (χ2n) is 6.70. The Morgan fingerprint density at radius 1 is 1.13 bits per heavy atom. The summed E-state index contributed by atoms with van der Waals surface area (Å²) >= 11 is 6.40. The molecule has 30 heavy (non-hydrogen) atoms. The fraction of sp³-hybridized carbons (Fsp3) is 0.190. The molecule has 0 saturated heterocycles. The predicted molar refractivity (Wildman–Crippen MR) is 117 cm³/mol. The molecule has 0 radical (unpaired) electrons. The van der Waals surface area contributed by atoms with Gasteiger partial charge in [0.2, 0.25) is 11.9 Å². The van der Waals surface area contributed by atoms with Crippen LogP contribution in [0.4, 0.5) is 17.5 Å². The van der Waals surface area contributed by atoms with Crippen LogP contribution in [-0.4, -0.2) is 34.5 Å². The van der Waals surface area contributed by atoms with E-state index in [9.17, 15) is 4.79 Å². The summed E-state index contributed by atoms with van der Waals surface area (Å²) < 4.78 is 12.7. The van der Waals surface area contributed by atoms with Crippen molar-refractivity contribution < 1.29 is 14.3 Å². The number of methoxy groups -OCH3 is 2. The number of imidazole rings is 1. The smallest absolute Gasteiger partial charge is 0.223 e. The molecule has 8 nitrogen and oxygen atoms in total. The molecule has 1 amide bonds. The fourth-order valence-corrected chi connectivity index (χ4v) is 3.58. The highest BCUT2D eigenvalue weighted by Crippen LogP contribution is 2.36. The number of carbonyl (C=O) groups excluding carboxylic acids is 1. The monoisotopic (exact) mass is 425 g/mol. The average molecular weight is 426 g/mol. The van der Waals surface area contributed by atoms with Gasteiger partial charge in [-0.2, -0.15) is 0 Å². The summed E-state index contributed by atoms with van der Waals surface area (Å²) in [7, 11) is 3.13. The molecule has 154 valence electrons. The summed E-state index contributed by atoms with van der Waals surface area (Å²) in [6.45, 7) is 3.39. The van der Waals surface area contributed by atoms with Crippen molar-refractivity contribution in [3.8, 4) is 11.5 Å². The number of nitrogens with zero attached hydrogens (tertiary/aromatic N) is 3. The van der Waals surface area contributed by atoms with Crippen LogP contribution in [0.1, 0.15) is 12.5 Å². The normalized spacial score (nSPS) is 11.0. The lowest BCUT2D eigenvalue weighted by atomic mass is 10.2. The Morgan fingerprint density at radius 3 is 2.53 bits per heavy atom. The van der Waals surface area contributed by atoms with Gasteiger partial charge < -0.3 is 14.8 Å². The van der Waals surface area contributed by atoms with E-state index in [4.69, 9.17) is 26.1 Å². The highest BCUT2D eigenvalue weighted by molar-refractivity contribution is 6.33. The van der Waals surface area contributed by atoms with Crippen molar-refractivity contribution in [1.29, 1.82) is 0 Å². The fourth-order valence-electron chi connectivity index (χ4n) is 3.31. The zero-order valence-corrected chi connectivity index (χ0v) is 17.7. The van der Waals surface area contributed by atoms with Gasteiger partial charge in [0.15, 0.2) is 17.3 Å². The molecule has 0 atom stereocenters. The Labute approximate surface area is 177 Å². The number of fused-ring (bicyclic) bond motifs is 3. The molecule has 0 fully saturated rings. The lowest BCUT2D eigenvalue weighted by Crippen LogP contribution is -2.10. The molecule has 0 aliphatic carbocycles. The number of halogens is 1. The van der Waals surface area contributed by atoms with Gasteiger partial charge >= 0.3 is 0 Å². The van der Waals surface area contributed by atoms with Crippen LogP contribution in [0.3, 0.4) is 0 Å². The number of hydrogen-bond donors (Lipinski definition) is 2. The Bertz CT molecular complexity index is 1260. The molecule has 0 bridgehead atoms. The highest BCUT2D eigenvalue weighted by atomic mass is 35.5. The minimum absolute atomic E-state index is 0.232. The van der Waals surface area contributed by atoms with Gasteiger partial charge in [-0.1, -0.05) is 23.7 Å². The first-order valence-corrected chi connectivity index (χ1v) is 9.53. The van der Waals surface area contributed by atoms with Crippen molar-refractivity contribution in [2.45, 2.75) is 13.8 Å². The van der Waals surface area contributed by atoms with Gasteiger partial charge in [0.05, 0.1) is 42.2 Å². The number of aromatic nitrogens is 3. The lowest BCUT2D eigenvalue weighted by molar-refractivity contribution is -0.114. The number of aryl methyl sites for hydroxylation is 1. The molecule has 4 rings (SSSR count). The SMILES string of the molecule is COc1cc2nc(Nc3c(C)cccc3Cl)c3cnc(NC(C)=O)n3c2cc1OC. The van der Waals surface area contributed by atoms with Gasteiger partial charge in [0, 0.05) is 19.1 Å². The van der Waals surface area contributed by atoms with E-state index in [0.717, 1.165) is 11.3 Å². The minimum atomic E-state index is -0.232. The van der Waals surface area contributed by atoms with Crippen molar-refractivity contribution in [2.24, 2.45) is 0 Å². The first-order chi connectivity index (χ1) is 14.4. The van der Waals surface area contributed by atoms with Crippen LogP contribution in [0.2, 0.25) is 5.02 Å². The Balaban J connectivity index is 2.02. The van der Waals surface area contributed by atoms with Crippen molar-refractivity contribution >= 4 is 51.5 Å². The van der Waals surface area contributed by atoms with Crippen LogP contribution >= 0.6 is 11.6 Å². The standard InChI is InChI=1S/C21H20ClN5O3/c1-11-6-5-7-13(22)19(11)26-20-16-10-23-21(24-12(2)28)27(16)15-9-18(30-4)17(29-3)8-14(15)25-20/h5-10H,1-4H3,(H,25,26)(H,23,24,28). The third-order valence-electron chi connectivity index (χ3n) is 4.71. The van der Waals surface area contributed by atoms with E-state index in [1.807, 2.05) is 25.1 Å². The highest BCUT2D eigenvalue weighted by Gasteiger charge is 2.18. The molecule has 0 aliphatic rings. The van der Waals surface area contributed by atoms with Gasteiger partial charge in [-0.25, -0.2) is 9.97 Å². The largest absolute Gasteiger partial charge is 0.493 e. The molecule has 2 N–H and O–H groups in total. The first-order valence-electron chi connectivity index (χ1n) is 9.16. The molecule has 2 aromatic carbocycles. The molecule has 2 heterocycles. The minimum Gasteiger partial charge on any atom is -0.493 e. The predicted octanol–water partition coefficient (Wildman–Crippen LogP) is 4.56. The topological polar surface area (TPSA) is 89.8 Å². The third kappa shape index (κ3) is 3.35. The Hall–Kier alpha value is -3.52. The second-order valence-corrected chi connectivity index (χ2v) is 7.10. The maximum absolute atomic E-state index is 11.7. The molecule has 2 aromatic heterocycles. The number of para-hydroxylation sites is 1. The van der Waals surface area contributed by atoms with Crippen molar-refractivity contribution in [3.63, 3.8) is 0 Å². The van der Waals surface area contributed by atoms with Gasteiger partial charge in [-0.15, -0.1) is 0 Å². The number of hydrogen-bond acceptors (Lipinski definition) is 6. The van der Waals surface area contributed by atoms with Crippen LogP contribution in [0.5, 0.6) is 11.5 Å². The quantitative estimate of drug-likeness (QED) is 0.487. The molecule has 9 heteroatoms. The van der Waals surface area contributed by atoms with Crippen molar-refractivity contribution in [2.75, 3.05) is 24.9 Å². The zero-order chi connectivity index (χ0) is 21.4. The number of benzene rings is 2. The average Bonchev–Trinajstić information content (AvgIpc) is 3.13. The molecular weight excluding hydrogens is 406 g/mol. The molecule has 0 aliphatic heterocycles. The van der Waals surface area contributed by atoms with Crippen molar-refractivity contribution in [3.05, 3.63) is 47.1 Å². The van der Waals surface area contributed by atoms with Crippen LogP contribution in [0.25, 0.3) is 16.6 Å². The van der Waals surface area contributed by atoms with E-state index in [2.05, 4.69) is 15.6 Å². The van der Waals surface area contributed by atoms with Crippen LogP contribution < -0.4 is 20.1 Å². The summed E-state index contributed by atoms with van der Waals surface area (Å²) in [5.41, 5.74) is 3.70. The van der Waals surface area contributed by atoms with Gasteiger partial charge in [-0.3, -0.25) is 14.5 Å². The molecule has 0 saturated carbocycles. The summed E-state index contributed by atoms with van der Waals surface area (Å²) in [6.07, 6.45) is 1.64. The third-order valence-corrected chi connectivity index (χ3v) is 5.03. The number of ether oxygens (including phenoxy) is 2. The maximum atomic E-state index is 11.7. The Morgan fingerprint density at radius 2 is 1.87 bits per heavy atom. The molecular formula is C21H20ClN5O3. The second kappa shape index (κ2) is 7.72. The van der Waals surface area contributed by atoms with Gasteiger partial charge in [0.25, 0.3) is 0 Å². The van der Waals surface area contributed by atoms with E-state index in [-0.39, 0.29) is 5.91 Å². The van der Waals surface area contributed by atoms with Crippen LogP contribution in [-0.2, 0) is 4.79 Å². The first kappa shape index (κ1) is 19.8. The molecule has 0 unspecified atom stereocenters. The van der Waals surface area contributed by atoms with E-state index in [1.54, 1.807) is 36.9 Å². The van der Waals surface area contributed by atoms with Crippen LogP contribution in [0.15, 0.2) is 36.5 Å².